The molecular weight excluding hydrogens is 308 g/mol. The predicted molar refractivity (Wildman–Crippen MR) is 80.3 cm³/mol. The number of sulfonamides is 1. The number of furan rings is 1. The number of carbonyl (C=O) groups is 1. The van der Waals surface area contributed by atoms with Crippen LogP contribution in [0.25, 0.3) is 0 Å². The highest BCUT2D eigenvalue weighted by Crippen LogP contribution is 2.27. The van der Waals surface area contributed by atoms with Gasteiger partial charge in [-0.15, -0.1) is 0 Å². The van der Waals surface area contributed by atoms with Crippen LogP contribution in [0, 0.1) is 0 Å². The summed E-state index contributed by atoms with van der Waals surface area (Å²) >= 11 is 0. The van der Waals surface area contributed by atoms with Crippen LogP contribution in [-0.4, -0.2) is 52.0 Å². The van der Waals surface area contributed by atoms with Crippen molar-refractivity contribution in [1.82, 2.24) is 9.62 Å². The van der Waals surface area contributed by atoms with Crippen molar-refractivity contribution in [3.63, 3.8) is 0 Å². The van der Waals surface area contributed by atoms with Crippen LogP contribution in [0.2, 0.25) is 0 Å². The third-order valence-corrected chi connectivity index (χ3v) is 5.90. The van der Waals surface area contributed by atoms with Gasteiger partial charge < -0.3 is 14.5 Å². The minimum absolute atomic E-state index is 0.0679. The lowest BCUT2D eigenvalue weighted by atomic mass is 10.1. The molecule has 0 bridgehead atoms. The molecule has 1 aromatic rings. The van der Waals surface area contributed by atoms with Gasteiger partial charge in [0.1, 0.15) is 10.7 Å². The summed E-state index contributed by atoms with van der Waals surface area (Å²) in [5, 5.41) is 3.16. The second kappa shape index (κ2) is 6.80. The minimum Gasteiger partial charge on any atom is -0.463 e. The Hall–Kier alpha value is -1.38. The highest BCUT2D eigenvalue weighted by Gasteiger charge is 2.33. The molecule has 7 nitrogen and oxygen atoms in total. The van der Waals surface area contributed by atoms with Gasteiger partial charge in [0, 0.05) is 31.6 Å². The van der Waals surface area contributed by atoms with E-state index in [-0.39, 0.29) is 16.4 Å². The predicted octanol–water partition coefficient (Wildman–Crippen LogP) is 1.00. The Labute approximate surface area is 130 Å². The van der Waals surface area contributed by atoms with Crippen molar-refractivity contribution >= 4 is 16.0 Å². The van der Waals surface area contributed by atoms with E-state index < -0.39 is 16.0 Å². The number of piperidine rings is 1. The fraction of sp³-hybridized carbons (Fsp3) is 0.643. The van der Waals surface area contributed by atoms with Crippen molar-refractivity contribution in [2.24, 2.45) is 0 Å². The third kappa shape index (κ3) is 3.18. The average Bonchev–Trinajstić information content (AvgIpc) is 2.99. The van der Waals surface area contributed by atoms with Gasteiger partial charge in [-0.05, 0) is 19.9 Å². The van der Waals surface area contributed by atoms with Gasteiger partial charge in [0.15, 0.2) is 0 Å². The number of nitrogens with one attached hydrogen (secondary N) is 1. The lowest BCUT2D eigenvalue weighted by Gasteiger charge is -2.30. The maximum Gasteiger partial charge on any atom is 0.373 e. The van der Waals surface area contributed by atoms with Gasteiger partial charge in [0.2, 0.25) is 15.8 Å². The molecular formula is C14H22N2O5S. The molecule has 1 aliphatic heterocycles. The summed E-state index contributed by atoms with van der Waals surface area (Å²) in [6, 6.07) is 1.61. The maximum absolute atomic E-state index is 12.8. The molecule has 1 aliphatic rings. The normalized spacial score (nSPS) is 17.6. The molecule has 0 saturated carbocycles. The maximum atomic E-state index is 12.8. The van der Waals surface area contributed by atoms with E-state index in [4.69, 9.17) is 4.42 Å². The van der Waals surface area contributed by atoms with E-state index in [1.54, 1.807) is 6.92 Å². The number of hydrogen-bond donors (Lipinski definition) is 1. The largest absolute Gasteiger partial charge is 0.463 e. The molecule has 1 fully saturated rings. The highest BCUT2D eigenvalue weighted by molar-refractivity contribution is 7.89. The zero-order valence-corrected chi connectivity index (χ0v) is 13.9. The summed E-state index contributed by atoms with van der Waals surface area (Å²) in [6.07, 6.45) is 1.91. The molecule has 0 aliphatic carbocycles. The van der Waals surface area contributed by atoms with E-state index in [1.165, 1.54) is 17.5 Å². The van der Waals surface area contributed by atoms with Crippen molar-refractivity contribution < 1.29 is 22.4 Å². The number of esters is 1. The van der Waals surface area contributed by atoms with Crippen LogP contribution in [0.3, 0.4) is 0 Å². The molecule has 8 heteroatoms. The number of aryl methyl sites for hydroxylation is 1. The SMILES string of the molecule is CCc1oc(C(=O)OC)cc1S(=O)(=O)N1CCC(NC)CC1. The topological polar surface area (TPSA) is 88.8 Å². The summed E-state index contributed by atoms with van der Waals surface area (Å²) in [4.78, 5) is 11.6. The van der Waals surface area contributed by atoms with E-state index in [0.717, 1.165) is 12.8 Å². The Morgan fingerprint density at radius 3 is 2.59 bits per heavy atom. The van der Waals surface area contributed by atoms with Crippen LogP contribution in [0.5, 0.6) is 0 Å². The molecule has 0 spiro atoms. The molecule has 1 saturated heterocycles. The van der Waals surface area contributed by atoms with E-state index in [9.17, 15) is 13.2 Å². The van der Waals surface area contributed by atoms with Crippen molar-refractivity contribution in [3.8, 4) is 0 Å². The molecule has 0 amide bonds. The van der Waals surface area contributed by atoms with Gasteiger partial charge in [0.05, 0.1) is 7.11 Å². The van der Waals surface area contributed by atoms with Gasteiger partial charge in [0.25, 0.3) is 0 Å². The van der Waals surface area contributed by atoms with Gasteiger partial charge in [-0.3, -0.25) is 0 Å². The zero-order chi connectivity index (χ0) is 16.3. The minimum atomic E-state index is -3.65. The van der Waals surface area contributed by atoms with E-state index >= 15 is 0 Å². The number of rotatable bonds is 5. The van der Waals surface area contributed by atoms with Gasteiger partial charge in [-0.1, -0.05) is 6.92 Å². The molecule has 0 unspecified atom stereocenters. The van der Waals surface area contributed by atoms with E-state index in [1.807, 2.05) is 7.05 Å². The van der Waals surface area contributed by atoms with E-state index in [0.29, 0.717) is 25.6 Å². The van der Waals surface area contributed by atoms with Crippen molar-refractivity contribution in [1.29, 1.82) is 0 Å². The molecule has 2 heterocycles. The van der Waals surface area contributed by atoms with Crippen LogP contribution < -0.4 is 5.32 Å². The number of methoxy groups -OCH3 is 1. The summed E-state index contributed by atoms with van der Waals surface area (Å²) in [6.45, 7) is 2.69. The molecule has 1 aromatic heterocycles. The number of ether oxygens (including phenoxy) is 1. The van der Waals surface area contributed by atoms with Crippen LogP contribution in [-0.2, 0) is 21.2 Å². The molecule has 0 radical (unpaired) electrons. The van der Waals surface area contributed by atoms with Crippen molar-refractivity contribution in [3.05, 3.63) is 17.6 Å². The smallest absolute Gasteiger partial charge is 0.373 e. The van der Waals surface area contributed by atoms with Crippen LogP contribution >= 0.6 is 0 Å². The molecule has 1 N–H and O–H groups in total. The quantitative estimate of drug-likeness (QED) is 0.810. The number of nitrogens with zero attached hydrogens (tertiary/aromatic N) is 1. The van der Waals surface area contributed by atoms with Crippen LogP contribution in [0.15, 0.2) is 15.4 Å². The Morgan fingerprint density at radius 2 is 2.09 bits per heavy atom. The van der Waals surface area contributed by atoms with Crippen molar-refractivity contribution in [2.45, 2.75) is 37.1 Å². The summed E-state index contributed by atoms with van der Waals surface area (Å²) < 4.78 is 36.9. The molecule has 2 rings (SSSR count). The standard InChI is InChI=1S/C14H22N2O5S/c1-4-11-13(9-12(21-11)14(17)20-3)22(18,19)16-7-5-10(15-2)6-8-16/h9-10,15H,4-8H2,1-3H3. The summed E-state index contributed by atoms with van der Waals surface area (Å²) in [5.41, 5.74) is 0. The molecule has 22 heavy (non-hydrogen) atoms. The fourth-order valence-electron chi connectivity index (χ4n) is 2.60. The van der Waals surface area contributed by atoms with Gasteiger partial charge in [-0.25, -0.2) is 13.2 Å². The number of carbonyl (C=O) groups excluding carboxylic acids is 1. The summed E-state index contributed by atoms with van der Waals surface area (Å²) in [7, 11) is -0.546. The van der Waals surface area contributed by atoms with Crippen LogP contribution in [0.4, 0.5) is 0 Å². The fourth-order valence-corrected chi connectivity index (χ4v) is 4.30. The Bertz CT molecular complexity index is 630. The van der Waals surface area contributed by atoms with Crippen LogP contribution in [0.1, 0.15) is 36.1 Å². The average molecular weight is 330 g/mol. The second-order valence-corrected chi connectivity index (χ2v) is 7.12. The van der Waals surface area contributed by atoms with Gasteiger partial charge in [-0.2, -0.15) is 4.31 Å². The Kier molecular flexibility index (Phi) is 5.25. The molecule has 0 atom stereocenters. The monoisotopic (exact) mass is 330 g/mol. The molecule has 124 valence electrons. The first-order valence-electron chi connectivity index (χ1n) is 7.32. The molecule has 0 aromatic carbocycles. The second-order valence-electron chi connectivity index (χ2n) is 5.21. The lowest BCUT2D eigenvalue weighted by molar-refractivity contribution is 0.0563. The highest BCUT2D eigenvalue weighted by atomic mass is 32.2. The first-order chi connectivity index (χ1) is 10.4. The Balaban J connectivity index is 2.29. The lowest BCUT2D eigenvalue weighted by Crippen LogP contribution is -2.43. The van der Waals surface area contributed by atoms with E-state index in [2.05, 4.69) is 10.1 Å². The third-order valence-electron chi connectivity index (χ3n) is 3.96. The van der Waals surface area contributed by atoms with Gasteiger partial charge >= 0.3 is 5.97 Å². The summed E-state index contributed by atoms with van der Waals surface area (Å²) in [5.74, 6) is -0.468. The first kappa shape index (κ1) is 17.0. The number of hydrogen-bond acceptors (Lipinski definition) is 6. The zero-order valence-electron chi connectivity index (χ0n) is 13.1. The Morgan fingerprint density at radius 1 is 1.45 bits per heavy atom. The van der Waals surface area contributed by atoms with Crippen molar-refractivity contribution in [2.75, 3.05) is 27.2 Å². The first-order valence-corrected chi connectivity index (χ1v) is 8.76.